The summed E-state index contributed by atoms with van der Waals surface area (Å²) < 4.78 is 15.9. The summed E-state index contributed by atoms with van der Waals surface area (Å²) in [6.45, 7) is 4.78. The standard InChI is InChI=1S/C24H44O6/c1-3-4-5-8-11-15-29-17-18-30-16-14-21-20(22(25)19-23(21)26)12-9-6-7-10-13-24(27)28-2/h6,9,20-23,25-26H,3-5,7-8,10-19H2,1-2H3/b9-6-/t20-,21-,22?,23-/m1/s1. The van der Waals surface area contributed by atoms with Crippen molar-refractivity contribution < 1.29 is 29.2 Å². The van der Waals surface area contributed by atoms with Crippen molar-refractivity contribution in [3.8, 4) is 0 Å². The van der Waals surface area contributed by atoms with Gasteiger partial charge in [0.1, 0.15) is 0 Å². The molecular formula is C24H44O6. The molecule has 176 valence electrons. The molecule has 2 N–H and O–H groups in total. The number of carbonyl (C=O) groups excluding carboxylic acids is 1. The highest BCUT2D eigenvalue weighted by Gasteiger charge is 2.40. The van der Waals surface area contributed by atoms with Gasteiger partial charge in [-0.05, 0) is 50.4 Å². The average molecular weight is 429 g/mol. The summed E-state index contributed by atoms with van der Waals surface area (Å²) in [6.07, 6.45) is 13.3. The van der Waals surface area contributed by atoms with E-state index in [2.05, 4.69) is 17.7 Å². The molecule has 4 atom stereocenters. The van der Waals surface area contributed by atoms with E-state index in [0.717, 1.165) is 38.7 Å². The van der Waals surface area contributed by atoms with Crippen LogP contribution in [0.1, 0.15) is 77.6 Å². The summed E-state index contributed by atoms with van der Waals surface area (Å²) in [4.78, 5) is 11.1. The molecule has 1 rings (SSSR count). The molecule has 0 saturated heterocycles. The van der Waals surface area contributed by atoms with E-state index in [1.54, 1.807) is 0 Å². The van der Waals surface area contributed by atoms with Gasteiger partial charge in [0.15, 0.2) is 0 Å². The van der Waals surface area contributed by atoms with E-state index in [1.165, 1.54) is 32.8 Å². The minimum Gasteiger partial charge on any atom is -0.469 e. The number of carbonyl (C=O) groups is 1. The van der Waals surface area contributed by atoms with Crippen LogP contribution in [0.25, 0.3) is 0 Å². The molecule has 6 heteroatoms. The molecule has 0 aromatic rings. The van der Waals surface area contributed by atoms with Crippen LogP contribution in [0, 0.1) is 11.8 Å². The van der Waals surface area contributed by atoms with E-state index in [1.807, 2.05) is 6.08 Å². The second-order valence-electron chi connectivity index (χ2n) is 8.30. The lowest BCUT2D eigenvalue weighted by molar-refractivity contribution is -0.140. The molecular weight excluding hydrogens is 384 g/mol. The number of ether oxygens (including phenoxy) is 3. The van der Waals surface area contributed by atoms with Crippen LogP contribution in [-0.4, -0.2) is 61.9 Å². The van der Waals surface area contributed by atoms with Crippen molar-refractivity contribution in [1.82, 2.24) is 0 Å². The second kappa shape index (κ2) is 17.7. The van der Waals surface area contributed by atoms with Crippen LogP contribution in [0.3, 0.4) is 0 Å². The van der Waals surface area contributed by atoms with Gasteiger partial charge in [-0.2, -0.15) is 0 Å². The molecule has 1 aliphatic rings. The molecule has 0 amide bonds. The monoisotopic (exact) mass is 428 g/mol. The Morgan fingerprint density at radius 3 is 2.33 bits per heavy atom. The first-order valence-corrected chi connectivity index (χ1v) is 11.8. The van der Waals surface area contributed by atoms with Gasteiger partial charge in [-0.3, -0.25) is 4.79 Å². The van der Waals surface area contributed by atoms with Crippen LogP contribution < -0.4 is 0 Å². The molecule has 0 aliphatic heterocycles. The maximum Gasteiger partial charge on any atom is 0.305 e. The smallest absolute Gasteiger partial charge is 0.305 e. The van der Waals surface area contributed by atoms with E-state index in [-0.39, 0.29) is 17.8 Å². The Hall–Kier alpha value is -0.950. The van der Waals surface area contributed by atoms with Crippen LogP contribution >= 0.6 is 0 Å². The lowest BCUT2D eigenvalue weighted by Crippen LogP contribution is -2.23. The minimum absolute atomic E-state index is 0.0548. The van der Waals surface area contributed by atoms with Crippen molar-refractivity contribution in [2.75, 3.05) is 33.5 Å². The Kier molecular flexibility index (Phi) is 16.0. The maximum absolute atomic E-state index is 11.1. The van der Waals surface area contributed by atoms with Crippen LogP contribution in [0.5, 0.6) is 0 Å². The van der Waals surface area contributed by atoms with Crippen LogP contribution in [0.2, 0.25) is 0 Å². The third kappa shape index (κ3) is 12.0. The van der Waals surface area contributed by atoms with Gasteiger partial charge in [-0.25, -0.2) is 0 Å². The molecule has 1 saturated carbocycles. The van der Waals surface area contributed by atoms with Crippen molar-refractivity contribution >= 4 is 5.97 Å². The molecule has 30 heavy (non-hydrogen) atoms. The van der Waals surface area contributed by atoms with Gasteiger partial charge in [-0.15, -0.1) is 0 Å². The predicted molar refractivity (Wildman–Crippen MR) is 118 cm³/mol. The molecule has 0 radical (unpaired) electrons. The van der Waals surface area contributed by atoms with Crippen LogP contribution in [-0.2, 0) is 19.0 Å². The molecule has 6 nitrogen and oxygen atoms in total. The number of rotatable bonds is 18. The highest BCUT2D eigenvalue weighted by molar-refractivity contribution is 5.69. The number of hydrogen-bond acceptors (Lipinski definition) is 6. The lowest BCUT2D eigenvalue weighted by Gasteiger charge is -2.22. The Morgan fingerprint density at radius 2 is 1.60 bits per heavy atom. The summed E-state index contributed by atoms with van der Waals surface area (Å²) in [6, 6.07) is 0. The zero-order chi connectivity index (χ0) is 22.0. The van der Waals surface area contributed by atoms with Crippen molar-refractivity contribution in [1.29, 1.82) is 0 Å². The molecule has 0 heterocycles. The zero-order valence-electron chi connectivity index (χ0n) is 19.1. The predicted octanol–water partition coefficient (Wildman–Crippen LogP) is 4.03. The molecule has 0 aromatic carbocycles. The number of unbranched alkanes of at least 4 members (excludes halogenated alkanes) is 5. The van der Waals surface area contributed by atoms with Crippen molar-refractivity contribution in [2.45, 2.75) is 89.8 Å². The van der Waals surface area contributed by atoms with Gasteiger partial charge in [0, 0.05) is 19.6 Å². The van der Waals surface area contributed by atoms with E-state index < -0.39 is 12.2 Å². The number of methoxy groups -OCH3 is 1. The van der Waals surface area contributed by atoms with Gasteiger partial charge in [0.2, 0.25) is 0 Å². The highest BCUT2D eigenvalue weighted by Crippen LogP contribution is 2.37. The number of esters is 1. The number of hydrogen-bond donors (Lipinski definition) is 2. The fourth-order valence-corrected chi connectivity index (χ4v) is 4.09. The summed E-state index contributed by atoms with van der Waals surface area (Å²) in [5.41, 5.74) is 0. The molecule has 0 aromatic heterocycles. The molecule has 0 bridgehead atoms. The third-order valence-corrected chi connectivity index (χ3v) is 5.94. The SMILES string of the molecule is CCCCCCCOCCOCC[C@H]1[C@H](O)CC(O)[C@@H]1C/C=C\CCCC(=O)OC. The van der Waals surface area contributed by atoms with Gasteiger partial charge in [0.25, 0.3) is 0 Å². The molecule has 0 spiro atoms. The van der Waals surface area contributed by atoms with Crippen molar-refractivity contribution in [3.63, 3.8) is 0 Å². The third-order valence-electron chi connectivity index (χ3n) is 5.94. The maximum atomic E-state index is 11.1. The summed E-state index contributed by atoms with van der Waals surface area (Å²) in [5, 5.41) is 20.6. The van der Waals surface area contributed by atoms with E-state index in [0.29, 0.717) is 32.7 Å². The normalized spacial score (nSPS) is 24.0. The topological polar surface area (TPSA) is 85.2 Å². The van der Waals surface area contributed by atoms with E-state index >= 15 is 0 Å². The Labute approximate surface area is 183 Å². The van der Waals surface area contributed by atoms with Crippen molar-refractivity contribution in [3.05, 3.63) is 12.2 Å². The quantitative estimate of drug-likeness (QED) is 0.195. The number of allylic oxidation sites excluding steroid dienone is 2. The Bertz CT molecular complexity index is 453. The van der Waals surface area contributed by atoms with Crippen molar-refractivity contribution in [2.24, 2.45) is 11.8 Å². The Balaban J connectivity index is 2.13. The van der Waals surface area contributed by atoms with Crippen LogP contribution in [0.15, 0.2) is 12.2 Å². The molecule has 1 unspecified atom stereocenters. The minimum atomic E-state index is -0.472. The molecule has 1 fully saturated rings. The fourth-order valence-electron chi connectivity index (χ4n) is 4.09. The van der Waals surface area contributed by atoms with Gasteiger partial charge in [0.05, 0.1) is 32.5 Å². The van der Waals surface area contributed by atoms with Gasteiger partial charge in [-0.1, -0.05) is 44.8 Å². The molecule has 1 aliphatic carbocycles. The largest absolute Gasteiger partial charge is 0.469 e. The average Bonchev–Trinajstić information content (AvgIpc) is 3.00. The highest BCUT2D eigenvalue weighted by atomic mass is 16.5. The fraction of sp³-hybridized carbons (Fsp3) is 0.875. The zero-order valence-corrected chi connectivity index (χ0v) is 19.1. The first kappa shape index (κ1) is 27.1. The van der Waals surface area contributed by atoms with Crippen LogP contribution in [0.4, 0.5) is 0 Å². The summed E-state index contributed by atoms with van der Waals surface area (Å²) in [7, 11) is 1.40. The number of aliphatic hydroxyl groups excluding tert-OH is 2. The second-order valence-corrected chi connectivity index (χ2v) is 8.30. The Morgan fingerprint density at radius 1 is 0.900 bits per heavy atom. The first-order valence-electron chi connectivity index (χ1n) is 11.8. The summed E-state index contributed by atoms with van der Waals surface area (Å²) >= 11 is 0. The van der Waals surface area contributed by atoms with E-state index in [4.69, 9.17) is 9.47 Å². The van der Waals surface area contributed by atoms with Gasteiger partial charge < -0.3 is 24.4 Å². The summed E-state index contributed by atoms with van der Waals surface area (Å²) in [5.74, 6) is -0.0748. The lowest BCUT2D eigenvalue weighted by atomic mass is 9.88. The first-order chi connectivity index (χ1) is 14.6. The van der Waals surface area contributed by atoms with E-state index in [9.17, 15) is 15.0 Å². The van der Waals surface area contributed by atoms with Gasteiger partial charge >= 0.3 is 5.97 Å². The number of aliphatic hydroxyl groups is 2.